The van der Waals surface area contributed by atoms with Gasteiger partial charge in [0, 0.05) is 11.5 Å². The Hall–Kier alpha value is -3.12. The van der Waals surface area contributed by atoms with E-state index in [1.54, 1.807) is 0 Å². The number of aliphatic hydroxyl groups is 1. The summed E-state index contributed by atoms with van der Waals surface area (Å²) in [6.45, 7) is -0.498. The highest BCUT2D eigenvalue weighted by atomic mass is 35.5. The lowest BCUT2D eigenvalue weighted by molar-refractivity contribution is -0.155. The van der Waals surface area contributed by atoms with Gasteiger partial charge in [-0.3, -0.25) is 9.59 Å². The van der Waals surface area contributed by atoms with Crippen molar-refractivity contribution in [3.63, 3.8) is 0 Å². The maximum Gasteiger partial charge on any atom is 0.433 e. The number of rotatable bonds is 8. The number of nitrogens with one attached hydrogen (secondary N) is 1. The highest BCUT2D eigenvalue weighted by Crippen LogP contribution is 2.55. The SMILES string of the molecule is NC(=O)C(Oc1ccc(Cl)c(F)c1)C12CCC(NC(=O)COc3ccc(C(F)(F)F)nc3)(CC1)[C@@H](O)C2. The minimum atomic E-state index is -4.59. The maximum absolute atomic E-state index is 13.9. The highest BCUT2D eigenvalue weighted by molar-refractivity contribution is 6.30. The number of nitrogens with two attached hydrogens (primary N) is 1. The smallest absolute Gasteiger partial charge is 0.433 e. The van der Waals surface area contributed by atoms with Crippen LogP contribution < -0.4 is 20.5 Å². The number of fused-ring (bicyclic) bond motifs is 3. The van der Waals surface area contributed by atoms with Gasteiger partial charge < -0.3 is 25.6 Å². The number of aromatic nitrogens is 1. The Morgan fingerprint density at radius 1 is 1.19 bits per heavy atom. The molecule has 0 aliphatic heterocycles. The predicted octanol–water partition coefficient (Wildman–Crippen LogP) is 3.38. The minimum absolute atomic E-state index is 0.0208. The first kappa shape index (κ1) is 26.9. The number of aliphatic hydroxyl groups excluding tert-OH is 1. The van der Waals surface area contributed by atoms with E-state index < -0.39 is 59.3 Å². The molecule has 1 heterocycles. The number of primary amides is 1. The summed E-state index contributed by atoms with van der Waals surface area (Å²) >= 11 is 5.70. The quantitative estimate of drug-likeness (QED) is 0.437. The molecule has 3 fully saturated rings. The van der Waals surface area contributed by atoms with E-state index in [2.05, 4.69) is 10.3 Å². The van der Waals surface area contributed by atoms with Crippen LogP contribution >= 0.6 is 11.6 Å². The number of benzene rings is 1. The molecule has 3 saturated carbocycles. The molecule has 2 aromatic rings. The fourth-order valence-electron chi connectivity index (χ4n) is 5.16. The molecular formula is C24H24ClF4N3O5. The van der Waals surface area contributed by atoms with Gasteiger partial charge in [-0.25, -0.2) is 9.37 Å². The number of hydrogen-bond acceptors (Lipinski definition) is 6. The van der Waals surface area contributed by atoms with Crippen LogP contribution in [0.15, 0.2) is 36.5 Å². The predicted molar refractivity (Wildman–Crippen MR) is 122 cm³/mol. The van der Waals surface area contributed by atoms with Gasteiger partial charge in [0.05, 0.1) is 22.9 Å². The van der Waals surface area contributed by atoms with Gasteiger partial charge >= 0.3 is 6.18 Å². The minimum Gasteiger partial charge on any atom is -0.482 e. The van der Waals surface area contributed by atoms with Crippen LogP contribution in [0.25, 0.3) is 0 Å². The summed E-state index contributed by atoms with van der Waals surface area (Å²) < 4.78 is 62.8. The van der Waals surface area contributed by atoms with E-state index in [1.807, 2.05) is 0 Å². The van der Waals surface area contributed by atoms with Crippen molar-refractivity contribution in [3.05, 3.63) is 53.1 Å². The van der Waals surface area contributed by atoms with E-state index in [-0.39, 0.29) is 22.9 Å². The van der Waals surface area contributed by atoms with Gasteiger partial charge in [-0.05, 0) is 56.4 Å². The standard InChI is InChI=1S/C24H24ClF4N3O5/c25-15-3-1-13(9-16(15)26)37-20(21(30)35)22-5-7-23(8-6-22,18(33)10-22)32-19(34)12-36-14-2-4-17(31-11-14)24(27,28)29/h1-4,9,11,18,20,33H,5-8,10,12H2,(H2,30,35)(H,32,34)/t18-,20?,22?,23?/m0/s1. The van der Waals surface area contributed by atoms with Gasteiger partial charge in [-0.1, -0.05) is 11.6 Å². The van der Waals surface area contributed by atoms with E-state index in [0.29, 0.717) is 25.7 Å². The van der Waals surface area contributed by atoms with Crippen molar-refractivity contribution in [2.75, 3.05) is 6.61 Å². The van der Waals surface area contributed by atoms with Crippen molar-refractivity contribution in [3.8, 4) is 11.5 Å². The summed E-state index contributed by atoms with van der Waals surface area (Å²) in [5.41, 5.74) is 2.74. The average molecular weight is 546 g/mol. The molecule has 200 valence electrons. The van der Waals surface area contributed by atoms with Crippen molar-refractivity contribution in [1.29, 1.82) is 0 Å². The molecule has 1 unspecified atom stereocenters. The normalized spacial score (nSPS) is 25.8. The molecule has 5 rings (SSSR count). The molecule has 13 heteroatoms. The lowest BCUT2D eigenvalue weighted by Gasteiger charge is -2.57. The van der Waals surface area contributed by atoms with Crippen LogP contribution in [0.3, 0.4) is 0 Å². The van der Waals surface area contributed by atoms with Gasteiger partial charge in [0.2, 0.25) is 0 Å². The summed E-state index contributed by atoms with van der Waals surface area (Å²) in [7, 11) is 0. The Morgan fingerprint density at radius 3 is 2.41 bits per heavy atom. The molecule has 4 N–H and O–H groups in total. The second kappa shape index (κ2) is 9.97. The summed E-state index contributed by atoms with van der Waals surface area (Å²) in [5.74, 6) is -2.01. The Labute approximate surface area is 214 Å². The topological polar surface area (TPSA) is 124 Å². The van der Waals surface area contributed by atoms with Crippen LogP contribution in [-0.2, 0) is 15.8 Å². The molecule has 8 nitrogen and oxygen atoms in total. The lowest BCUT2D eigenvalue weighted by atomic mass is 9.53. The molecule has 1 aromatic carbocycles. The molecular weight excluding hydrogens is 522 g/mol. The third-order valence-electron chi connectivity index (χ3n) is 7.12. The molecule has 3 aliphatic rings. The van der Waals surface area contributed by atoms with E-state index >= 15 is 0 Å². The molecule has 2 bridgehead atoms. The van der Waals surface area contributed by atoms with Crippen molar-refractivity contribution < 1.29 is 41.7 Å². The Kier molecular flexibility index (Phi) is 7.26. The van der Waals surface area contributed by atoms with Crippen LogP contribution in [0, 0.1) is 11.2 Å². The van der Waals surface area contributed by atoms with Crippen LogP contribution in [0.1, 0.15) is 37.8 Å². The van der Waals surface area contributed by atoms with Crippen molar-refractivity contribution in [2.45, 2.75) is 56.0 Å². The van der Waals surface area contributed by atoms with Gasteiger partial charge in [-0.2, -0.15) is 13.2 Å². The van der Waals surface area contributed by atoms with E-state index in [0.717, 1.165) is 24.4 Å². The number of hydrogen-bond donors (Lipinski definition) is 3. The largest absolute Gasteiger partial charge is 0.482 e. The van der Waals surface area contributed by atoms with Crippen LogP contribution in [0.5, 0.6) is 11.5 Å². The Morgan fingerprint density at radius 2 is 1.86 bits per heavy atom. The number of amides is 2. The second-order valence-corrected chi connectivity index (χ2v) is 9.84. The summed E-state index contributed by atoms with van der Waals surface area (Å²) in [6.07, 6.45) is -4.42. The first-order chi connectivity index (χ1) is 17.3. The van der Waals surface area contributed by atoms with E-state index in [1.165, 1.54) is 12.1 Å². The summed E-state index contributed by atoms with van der Waals surface area (Å²) in [5, 5.41) is 13.7. The number of alkyl halides is 3. The molecule has 0 spiro atoms. The van der Waals surface area contributed by atoms with Gasteiger partial charge in [0.25, 0.3) is 11.8 Å². The van der Waals surface area contributed by atoms with Gasteiger partial charge in [-0.15, -0.1) is 0 Å². The van der Waals surface area contributed by atoms with Crippen molar-refractivity contribution >= 4 is 23.4 Å². The number of carbonyl (C=O) groups excluding carboxylic acids is 2. The zero-order valence-corrected chi connectivity index (χ0v) is 20.1. The van der Waals surface area contributed by atoms with Crippen molar-refractivity contribution in [1.82, 2.24) is 10.3 Å². The molecule has 0 saturated heterocycles. The van der Waals surface area contributed by atoms with Gasteiger partial charge in [0.15, 0.2) is 12.7 Å². The zero-order valence-electron chi connectivity index (χ0n) is 19.4. The molecule has 1 aromatic heterocycles. The second-order valence-electron chi connectivity index (χ2n) is 9.43. The lowest BCUT2D eigenvalue weighted by Crippen LogP contribution is -2.68. The Balaban J connectivity index is 1.38. The number of carbonyl (C=O) groups is 2. The van der Waals surface area contributed by atoms with Crippen LogP contribution in [0.4, 0.5) is 17.6 Å². The molecule has 37 heavy (non-hydrogen) atoms. The number of halogens is 5. The van der Waals surface area contributed by atoms with Crippen LogP contribution in [0.2, 0.25) is 5.02 Å². The third-order valence-corrected chi connectivity index (χ3v) is 7.43. The number of nitrogens with zero attached hydrogens (tertiary/aromatic N) is 1. The monoisotopic (exact) mass is 545 g/mol. The molecule has 2 atom stereocenters. The van der Waals surface area contributed by atoms with Crippen molar-refractivity contribution in [2.24, 2.45) is 11.1 Å². The van der Waals surface area contributed by atoms with E-state index in [9.17, 15) is 32.3 Å². The molecule has 0 radical (unpaired) electrons. The van der Waals surface area contributed by atoms with Gasteiger partial charge in [0.1, 0.15) is 23.0 Å². The highest BCUT2D eigenvalue weighted by Gasteiger charge is 2.59. The molecule has 2 amide bonds. The number of ether oxygens (including phenoxy) is 2. The summed E-state index contributed by atoms with van der Waals surface area (Å²) in [6, 6.07) is 5.56. The number of pyridine rings is 1. The van der Waals surface area contributed by atoms with E-state index in [4.69, 9.17) is 26.8 Å². The first-order valence-corrected chi connectivity index (χ1v) is 11.8. The fourth-order valence-corrected chi connectivity index (χ4v) is 5.27. The van der Waals surface area contributed by atoms with Crippen LogP contribution in [-0.4, -0.2) is 46.3 Å². The maximum atomic E-state index is 13.9. The Bertz CT molecular complexity index is 1170. The first-order valence-electron chi connectivity index (χ1n) is 11.4. The summed E-state index contributed by atoms with van der Waals surface area (Å²) in [4.78, 5) is 28.2. The fraction of sp³-hybridized carbons (Fsp3) is 0.458. The zero-order chi connectivity index (χ0) is 27.0. The molecule has 3 aliphatic carbocycles. The average Bonchev–Trinajstić information content (AvgIpc) is 2.84. The third kappa shape index (κ3) is 5.59.